The predicted molar refractivity (Wildman–Crippen MR) is 76.3 cm³/mol. The molecule has 19 heavy (non-hydrogen) atoms. The summed E-state index contributed by atoms with van der Waals surface area (Å²) in [6.45, 7) is 11.5. The van der Waals surface area contributed by atoms with E-state index in [1.54, 1.807) is 0 Å². The van der Waals surface area contributed by atoms with Crippen LogP contribution in [0.25, 0.3) is 0 Å². The molecule has 1 rings (SSSR count). The third kappa shape index (κ3) is 5.15. The fourth-order valence-corrected chi connectivity index (χ4v) is 2.19. The van der Waals surface area contributed by atoms with Gasteiger partial charge in [0.2, 0.25) is 0 Å². The maximum absolute atomic E-state index is 13.8. The number of hydrogen-bond acceptors (Lipinski definition) is 2. The van der Waals surface area contributed by atoms with E-state index in [-0.39, 0.29) is 5.83 Å². The van der Waals surface area contributed by atoms with E-state index in [2.05, 4.69) is 18.4 Å². The maximum Gasteiger partial charge on any atom is 0.145 e. The average molecular weight is 270 g/mol. The smallest absolute Gasteiger partial charge is 0.145 e. The highest BCUT2D eigenvalue weighted by Crippen LogP contribution is 2.17. The Balaban J connectivity index is 2.71. The lowest BCUT2D eigenvalue weighted by Crippen LogP contribution is -2.45. The van der Waals surface area contributed by atoms with Crippen LogP contribution in [-0.2, 0) is 0 Å². The van der Waals surface area contributed by atoms with Gasteiger partial charge in [0.1, 0.15) is 12.0 Å². The lowest BCUT2D eigenvalue weighted by Gasteiger charge is -2.36. The van der Waals surface area contributed by atoms with Crippen LogP contribution in [0.1, 0.15) is 20.3 Å². The second-order valence-corrected chi connectivity index (χ2v) is 4.80. The average Bonchev–Trinajstić information content (AvgIpc) is 2.40. The third-order valence-electron chi connectivity index (χ3n) is 3.20. The number of allylic oxidation sites excluding steroid dienone is 4. The van der Waals surface area contributed by atoms with Gasteiger partial charge in [0.25, 0.3) is 0 Å². The topological polar surface area (TPSA) is 6.48 Å². The fourth-order valence-electron chi connectivity index (χ4n) is 2.19. The number of rotatable bonds is 6. The standard InChI is InChI=1S/C15H24F2N2/c1-4-8-18-9-11-19(12-10-18)15(14(17)5-2)7-6-13(3)16/h5-7,13H,2,4,8-12H2,1,3H3/b7-6-,15-14-. The zero-order valence-corrected chi connectivity index (χ0v) is 11.9. The van der Waals surface area contributed by atoms with Crippen molar-refractivity contribution in [1.82, 2.24) is 9.80 Å². The van der Waals surface area contributed by atoms with Gasteiger partial charge in [0.05, 0.1) is 5.70 Å². The van der Waals surface area contributed by atoms with E-state index in [9.17, 15) is 8.78 Å². The lowest BCUT2D eigenvalue weighted by atomic mass is 10.2. The van der Waals surface area contributed by atoms with Gasteiger partial charge in [0.15, 0.2) is 0 Å². The fraction of sp³-hybridized carbons (Fsp3) is 0.600. The second-order valence-electron chi connectivity index (χ2n) is 4.80. The highest BCUT2D eigenvalue weighted by Gasteiger charge is 2.19. The molecule has 1 fully saturated rings. The Hall–Kier alpha value is -1.16. The molecule has 0 aromatic heterocycles. The van der Waals surface area contributed by atoms with Gasteiger partial charge in [0, 0.05) is 26.2 Å². The number of halogens is 2. The molecule has 1 aliphatic rings. The Labute approximate surface area is 115 Å². The molecule has 1 aliphatic heterocycles. The van der Waals surface area contributed by atoms with Crippen LogP contribution in [0, 0.1) is 0 Å². The quantitative estimate of drug-likeness (QED) is 0.683. The van der Waals surface area contributed by atoms with Crippen LogP contribution in [0.5, 0.6) is 0 Å². The predicted octanol–water partition coefficient (Wildman–Crippen LogP) is 3.30. The Bertz CT molecular complexity index is 340. The summed E-state index contributed by atoms with van der Waals surface area (Å²) in [7, 11) is 0. The largest absolute Gasteiger partial charge is 0.367 e. The molecule has 1 atom stereocenters. The van der Waals surface area contributed by atoms with Crippen molar-refractivity contribution in [2.75, 3.05) is 32.7 Å². The SMILES string of the molecule is C=C/C(F)=C(\C=C/C(C)F)N1CCN(CCC)CC1. The van der Waals surface area contributed by atoms with Gasteiger partial charge in [-0.3, -0.25) is 4.90 Å². The van der Waals surface area contributed by atoms with Gasteiger partial charge >= 0.3 is 0 Å². The minimum Gasteiger partial charge on any atom is -0.367 e. The molecule has 0 spiro atoms. The van der Waals surface area contributed by atoms with E-state index in [0.29, 0.717) is 5.70 Å². The van der Waals surface area contributed by atoms with Crippen molar-refractivity contribution >= 4 is 0 Å². The monoisotopic (exact) mass is 270 g/mol. The lowest BCUT2D eigenvalue weighted by molar-refractivity contribution is 0.160. The summed E-state index contributed by atoms with van der Waals surface area (Å²) in [5.74, 6) is -0.388. The number of piperazine rings is 1. The first-order valence-electron chi connectivity index (χ1n) is 6.90. The summed E-state index contributed by atoms with van der Waals surface area (Å²) in [5.41, 5.74) is 0.440. The Morgan fingerprint density at radius 1 is 1.32 bits per heavy atom. The van der Waals surface area contributed by atoms with Crippen LogP contribution < -0.4 is 0 Å². The molecule has 108 valence electrons. The Morgan fingerprint density at radius 3 is 2.42 bits per heavy atom. The zero-order valence-electron chi connectivity index (χ0n) is 11.9. The van der Waals surface area contributed by atoms with Gasteiger partial charge in [-0.25, -0.2) is 8.78 Å². The third-order valence-corrected chi connectivity index (χ3v) is 3.20. The highest BCUT2D eigenvalue weighted by atomic mass is 19.1. The molecule has 1 heterocycles. The van der Waals surface area contributed by atoms with Crippen molar-refractivity contribution in [2.45, 2.75) is 26.4 Å². The van der Waals surface area contributed by atoms with E-state index in [4.69, 9.17) is 0 Å². The molecule has 1 unspecified atom stereocenters. The van der Waals surface area contributed by atoms with Crippen molar-refractivity contribution in [3.8, 4) is 0 Å². The first-order chi connectivity index (χ1) is 9.08. The van der Waals surface area contributed by atoms with Crippen LogP contribution in [0.4, 0.5) is 8.78 Å². The highest BCUT2D eigenvalue weighted by molar-refractivity contribution is 5.27. The molecule has 0 aromatic carbocycles. The van der Waals surface area contributed by atoms with Crippen LogP contribution >= 0.6 is 0 Å². The Morgan fingerprint density at radius 2 is 1.95 bits per heavy atom. The first-order valence-corrected chi connectivity index (χ1v) is 6.90. The van der Waals surface area contributed by atoms with Crippen molar-refractivity contribution < 1.29 is 8.78 Å². The number of hydrogen-bond donors (Lipinski definition) is 0. The number of nitrogens with zero attached hydrogens (tertiary/aromatic N) is 2. The van der Waals surface area contributed by atoms with E-state index >= 15 is 0 Å². The Kier molecular flexibility index (Phi) is 6.78. The summed E-state index contributed by atoms with van der Waals surface area (Å²) in [6.07, 6.45) is 4.13. The molecule has 0 aliphatic carbocycles. The van der Waals surface area contributed by atoms with Gasteiger partial charge in [-0.15, -0.1) is 0 Å². The summed E-state index contributed by atoms with van der Waals surface area (Å²) in [6, 6.07) is 0. The summed E-state index contributed by atoms with van der Waals surface area (Å²) < 4.78 is 26.7. The van der Waals surface area contributed by atoms with Gasteiger partial charge < -0.3 is 4.90 Å². The molecular weight excluding hydrogens is 246 g/mol. The molecule has 0 bridgehead atoms. The molecule has 2 nitrogen and oxygen atoms in total. The van der Waals surface area contributed by atoms with E-state index < -0.39 is 6.17 Å². The van der Waals surface area contributed by atoms with Crippen LogP contribution in [0.3, 0.4) is 0 Å². The maximum atomic E-state index is 13.8. The van der Waals surface area contributed by atoms with Gasteiger partial charge in [-0.1, -0.05) is 13.5 Å². The minimum absolute atomic E-state index is 0.388. The van der Waals surface area contributed by atoms with Crippen molar-refractivity contribution in [3.05, 3.63) is 36.3 Å². The molecule has 0 radical (unpaired) electrons. The van der Waals surface area contributed by atoms with Crippen molar-refractivity contribution in [2.24, 2.45) is 0 Å². The van der Waals surface area contributed by atoms with Crippen LogP contribution in [0.2, 0.25) is 0 Å². The summed E-state index contributed by atoms with van der Waals surface area (Å²) >= 11 is 0. The van der Waals surface area contributed by atoms with E-state index in [0.717, 1.165) is 39.1 Å². The molecular formula is C15H24F2N2. The zero-order chi connectivity index (χ0) is 14.3. The minimum atomic E-state index is -1.08. The number of alkyl halides is 1. The molecule has 0 N–H and O–H groups in total. The summed E-state index contributed by atoms with van der Waals surface area (Å²) in [5, 5.41) is 0. The first kappa shape index (κ1) is 15.9. The molecule has 0 aromatic rings. The molecule has 1 saturated heterocycles. The van der Waals surface area contributed by atoms with E-state index in [1.807, 2.05) is 4.90 Å². The van der Waals surface area contributed by atoms with E-state index in [1.165, 1.54) is 25.2 Å². The van der Waals surface area contributed by atoms with Gasteiger partial charge in [-0.05, 0) is 38.1 Å². The summed E-state index contributed by atoms with van der Waals surface area (Å²) in [4.78, 5) is 4.32. The van der Waals surface area contributed by atoms with Crippen LogP contribution in [0.15, 0.2) is 36.3 Å². The molecule has 4 heteroatoms. The molecule has 0 amide bonds. The van der Waals surface area contributed by atoms with Crippen LogP contribution in [-0.4, -0.2) is 48.7 Å². The normalized spacial score (nSPS) is 20.5. The van der Waals surface area contributed by atoms with Gasteiger partial charge in [-0.2, -0.15) is 0 Å². The van der Waals surface area contributed by atoms with Crippen molar-refractivity contribution in [3.63, 3.8) is 0 Å². The second kappa shape index (κ2) is 8.10. The molecule has 0 saturated carbocycles. The van der Waals surface area contributed by atoms with Crippen molar-refractivity contribution in [1.29, 1.82) is 0 Å².